The number of sulfonamides is 1. The number of hydrogen-bond donors (Lipinski definition) is 0. The van der Waals surface area contributed by atoms with Crippen molar-refractivity contribution in [2.45, 2.75) is 82.4 Å². The monoisotopic (exact) mass is 586 g/mol. The van der Waals surface area contributed by atoms with E-state index in [-0.39, 0.29) is 31.1 Å². The largest absolute Gasteiger partial charge is 0.460 e. The maximum atomic E-state index is 14.6. The van der Waals surface area contributed by atoms with Crippen LogP contribution in [0.2, 0.25) is 0 Å². The first-order valence-corrected chi connectivity index (χ1v) is 15.1. The van der Waals surface area contributed by atoms with Gasteiger partial charge in [0.15, 0.2) is 16.6 Å². The van der Waals surface area contributed by atoms with Crippen LogP contribution in [0.15, 0.2) is 0 Å². The Bertz CT molecular complexity index is 1200. The van der Waals surface area contributed by atoms with Crippen LogP contribution in [0.5, 0.6) is 0 Å². The molecule has 0 aromatic heterocycles. The van der Waals surface area contributed by atoms with Crippen LogP contribution in [0.25, 0.3) is 4.13 Å². The molecule has 1 aliphatic heterocycles. The Morgan fingerprint density at radius 1 is 1.03 bits per heavy atom. The summed E-state index contributed by atoms with van der Waals surface area (Å²) in [6, 6.07) is 0. The highest BCUT2D eigenvalue weighted by atomic mass is 32.3. The Labute approximate surface area is 219 Å². The van der Waals surface area contributed by atoms with E-state index in [9.17, 15) is 40.0 Å². The van der Waals surface area contributed by atoms with E-state index in [0.29, 0.717) is 19.3 Å². The zero-order valence-corrected chi connectivity index (χ0v) is 22.6. The average molecular weight is 587 g/mol. The highest BCUT2D eigenvalue weighted by Crippen LogP contribution is 2.56. The van der Waals surface area contributed by atoms with Gasteiger partial charge in [-0.2, -0.15) is 8.78 Å². The minimum absolute atomic E-state index is 0.143. The van der Waals surface area contributed by atoms with E-state index in [0.717, 1.165) is 0 Å². The number of ether oxygens (including phenoxy) is 3. The number of carbonyl (C=O) groups is 3. The third kappa shape index (κ3) is 5.82. The second kappa shape index (κ2) is 9.93. The molecule has 16 heteroatoms. The first kappa shape index (κ1) is 29.1. The summed E-state index contributed by atoms with van der Waals surface area (Å²) in [6.07, 6.45) is 0.0636. The summed E-state index contributed by atoms with van der Waals surface area (Å²) >= 11 is 0. The second-order valence-electron chi connectivity index (χ2n) is 11.2. The number of nitrogens with zero attached hydrogens (tertiary/aromatic N) is 1. The molecule has 12 nitrogen and oxygen atoms in total. The summed E-state index contributed by atoms with van der Waals surface area (Å²) in [5, 5.41) is -4.91. The molecule has 7 atom stereocenters. The topological polar surface area (TPSA) is 171 Å². The fraction of sp³-hybridized carbons (Fsp3) is 0.864. The Kier molecular flexibility index (Phi) is 7.60. The molecule has 1 saturated heterocycles. The zero-order valence-electron chi connectivity index (χ0n) is 21.0. The summed E-state index contributed by atoms with van der Waals surface area (Å²) < 4.78 is 100. The van der Waals surface area contributed by atoms with Crippen LogP contribution in [0, 0.1) is 29.6 Å². The summed E-state index contributed by atoms with van der Waals surface area (Å²) in [7, 11) is -11.5. The smallest absolute Gasteiger partial charge is 0.363 e. The summed E-state index contributed by atoms with van der Waals surface area (Å²) in [6.45, 7) is 2.87. The van der Waals surface area contributed by atoms with Crippen LogP contribution in [0.1, 0.15) is 59.3 Å². The molecule has 3 saturated carbocycles. The van der Waals surface area contributed by atoms with E-state index in [2.05, 4.69) is 8.86 Å². The molecule has 0 N–H and O–H groups in total. The van der Waals surface area contributed by atoms with Crippen molar-refractivity contribution >= 4 is 38.2 Å². The van der Waals surface area contributed by atoms with Crippen LogP contribution < -0.4 is 0 Å². The van der Waals surface area contributed by atoms with Gasteiger partial charge in [0, 0.05) is 5.92 Å². The molecule has 0 amide bonds. The van der Waals surface area contributed by atoms with Crippen LogP contribution >= 0.6 is 0 Å². The molecule has 4 fully saturated rings. The summed E-state index contributed by atoms with van der Waals surface area (Å²) in [5.41, 5.74) is -0.849. The SMILES string of the molecule is CC(C)(C)OC(=O)C1CCCCC1C(=O)OCC(F)(F)S(=O)(=O)[N-]S(=O)(=O)OC1C2CC3C(=O)OC1C3C2. The lowest BCUT2D eigenvalue weighted by atomic mass is 9.79. The molecule has 0 aromatic rings. The van der Waals surface area contributed by atoms with Crippen LogP contribution in [-0.4, -0.2) is 64.4 Å². The normalized spacial score (nSPS) is 33.2. The van der Waals surface area contributed by atoms with E-state index in [1.807, 2.05) is 0 Å². The van der Waals surface area contributed by atoms with Gasteiger partial charge in [-0.3, -0.25) is 18.6 Å². The van der Waals surface area contributed by atoms with E-state index < -0.39 is 85.7 Å². The number of fused-ring (bicyclic) bond motifs is 1. The van der Waals surface area contributed by atoms with Gasteiger partial charge in [-0.05, 0) is 52.4 Å². The highest BCUT2D eigenvalue weighted by Gasteiger charge is 2.63. The molecule has 0 spiro atoms. The molecule has 4 aliphatic rings. The fourth-order valence-electron chi connectivity index (χ4n) is 5.78. The van der Waals surface area contributed by atoms with Gasteiger partial charge >= 0.3 is 23.2 Å². The van der Waals surface area contributed by atoms with Crippen molar-refractivity contribution in [3.8, 4) is 0 Å². The van der Waals surface area contributed by atoms with Crippen molar-refractivity contribution in [1.82, 2.24) is 0 Å². The third-order valence-corrected chi connectivity index (χ3v) is 10.2. The van der Waals surface area contributed by atoms with Gasteiger partial charge in [-0.25, -0.2) is 16.8 Å². The van der Waals surface area contributed by atoms with Gasteiger partial charge in [0.2, 0.25) is 10.3 Å². The van der Waals surface area contributed by atoms with E-state index >= 15 is 0 Å². The number of hydrogen-bond acceptors (Lipinski definition) is 11. The van der Waals surface area contributed by atoms with Gasteiger partial charge in [0.05, 0.1) is 17.8 Å². The molecule has 7 unspecified atom stereocenters. The summed E-state index contributed by atoms with van der Waals surface area (Å²) in [4.78, 5) is 36.9. The number of rotatable bonds is 9. The average Bonchev–Trinajstić information content (AvgIpc) is 3.41. The maximum absolute atomic E-state index is 14.6. The van der Waals surface area contributed by atoms with Crippen molar-refractivity contribution in [1.29, 1.82) is 0 Å². The van der Waals surface area contributed by atoms with Gasteiger partial charge in [0.1, 0.15) is 17.8 Å². The van der Waals surface area contributed by atoms with Crippen LogP contribution in [0.3, 0.4) is 0 Å². The fourth-order valence-corrected chi connectivity index (χ4v) is 8.07. The molecule has 3 aliphatic carbocycles. The Balaban J connectivity index is 1.36. The minimum atomic E-state index is -6.07. The molecule has 1 heterocycles. The highest BCUT2D eigenvalue weighted by molar-refractivity contribution is 8.10. The van der Waals surface area contributed by atoms with Crippen molar-refractivity contribution < 1.29 is 58.4 Å². The standard InChI is InChI=1S/C22H30F2NO11S2/c1-21(2,3)35-20(28)13-7-5-4-6-12(13)18(26)33-10-22(23,24)37(29,30)25-38(31,32)36-16-11-8-14-15(9-11)19(27)34-17(14)16/h11-17H,4-10H2,1-3H3/q-1. The second-order valence-corrected chi connectivity index (χ2v) is 14.4. The van der Waals surface area contributed by atoms with Gasteiger partial charge in [-0.15, -0.1) is 0 Å². The van der Waals surface area contributed by atoms with Gasteiger partial charge in [-0.1, -0.05) is 12.8 Å². The molecular formula is C22H30F2NO11S2-. The number of carbonyl (C=O) groups excluding carboxylic acids is 3. The van der Waals surface area contributed by atoms with Crippen molar-refractivity contribution in [2.75, 3.05) is 6.61 Å². The van der Waals surface area contributed by atoms with Crippen molar-refractivity contribution in [3.63, 3.8) is 0 Å². The predicted octanol–water partition coefficient (Wildman–Crippen LogP) is 2.19. The van der Waals surface area contributed by atoms with Crippen molar-refractivity contribution in [2.24, 2.45) is 29.6 Å². The van der Waals surface area contributed by atoms with Crippen molar-refractivity contribution in [3.05, 3.63) is 4.13 Å². The number of alkyl halides is 2. The molecule has 0 aromatic carbocycles. The Hall–Kier alpha value is -1.91. The minimum Gasteiger partial charge on any atom is -0.460 e. The quantitative estimate of drug-likeness (QED) is 0.286. The molecule has 4 rings (SSSR count). The first-order chi connectivity index (χ1) is 17.4. The third-order valence-electron chi connectivity index (χ3n) is 7.37. The predicted molar refractivity (Wildman–Crippen MR) is 123 cm³/mol. The number of halogens is 2. The lowest BCUT2D eigenvalue weighted by molar-refractivity contribution is -0.172. The lowest BCUT2D eigenvalue weighted by Crippen LogP contribution is -2.41. The van der Waals surface area contributed by atoms with E-state index in [1.165, 1.54) is 0 Å². The Morgan fingerprint density at radius 3 is 2.24 bits per heavy atom. The van der Waals surface area contributed by atoms with E-state index in [1.54, 1.807) is 20.8 Å². The molecule has 2 bridgehead atoms. The zero-order chi connectivity index (χ0) is 28.3. The number of esters is 3. The molecule has 216 valence electrons. The van der Waals surface area contributed by atoms with Gasteiger partial charge in [0.25, 0.3) is 0 Å². The molecule has 38 heavy (non-hydrogen) atoms. The lowest BCUT2D eigenvalue weighted by Gasteiger charge is -2.32. The molecule has 0 radical (unpaired) electrons. The van der Waals surface area contributed by atoms with Crippen LogP contribution in [-0.2, 0) is 53.1 Å². The van der Waals surface area contributed by atoms with Crippen LogP contribution in [0.4, 0.5) is 8.78 Å². The first-order valence-electron chi connectivity index (χ1n) is 12.3. The summed E-state index contributed by atoms with van der Waals surface area (Å²) in [5.74, 6) is -5.60. The van der Waals surface area contributed by atoms with Gasteiger partial charge < -0.3 is 18.3 Å². The molecular weight excluding hydrogens is 556 g/mol. The van der Waals surface area contributed by atoms with E-state index in [4.69, 9.17) is 13.7 Å². The Morgan fingerprint density at radius 2 is 1.63 bits per heavy atom. The maximum Gasteiger partial charge on any atom is 0.363 e.